The van der Waals surface area contributed by atoms with Crippen molar-refractivity contribution >= 4 is 39.5 Å². The number of rotatable bonds is 78. The molecule has 0 rings (SSSR count). The first-order chi connectivity index (χ1) is 52.7. The zero-order chi connectivity index (χ0) is 78.9. The molecule has 0 bridgehead atoms. The molecular weight excluding hydrogens is 1400 g/mol. The van der Waals surface area contributed by atoms with Gasteiger partial charge in [-0.05, 0) is 167 Å². The van der Waals surface area contributed by atoms with Gasteiger partial charge in [0, 0.05) is 25.7 Å². The van der Waals surface area contributed by atoms with E-state index in [0.717, 1.165) is 205 Å². The minimum Gasteiger partial charge on any atom is -0.462 e. The summed E-state index contributed by atoms with van der Waals surface area (Å²) in [5.41, 5.74) is 0. The van der Waals surface area contributed by atoms with Crippen LogP contribution in [0.3, 0.4) is 0 Å². The van der Waals surface area contributed by atoms with Crippen LogP contribution in [0.2, 0.25) is 0 Å². The van der Waals surface area contributed by atoms with E-state index in [0.29, 0.717) is 25.7 Å². The molecule has 0 radical (unpaired) electrons. The van der Waals surface area contributed by atoms with E-state index in [2.05, 4.69) is 174 Å². The Morgan fingerprint density at radius 3 is 0.787 bits per heavy atom. The Bertz CT molecular complexity index is 2610. The summed E-state index contributed by atoms with van der Waals surface area (Å²) < 4.78 is 68.7. The fourth-order valence-electron chi connectivity index (χ4n) is 10.8. The maximum Gasteiger partial charge on any atom is 0.472 e. The van der Waals surface area contributed by atoms with Crippen LogP contribution in [0.4, 0.5) is 0 Å². The van der Waals surface area contributed by atoms with E-state index in [1.54, 1.807) is 0 Å². The van der Waals surface area contributed by atoms with Crippen molar-refractivity contribution in [3.05, 3.63) is 146 Å². The molecule has 0 aliphatic rings. The van der Waals surface area contributed by atoms with Crippen molar-refractivity contribution in [1.82, 2.24) is 0 Å². The largest absolute Gasteiger partial charge is 0.472 e. The molecule has 108 heavy (non-hydrogen) atoms. The highest BCUT2D eigenvalue weighted by Crippen LogP contribution is 2.45. The zero-order valence-electron chi connectivity index (χ0n) is 67.7. The summed E-state index contributed by atoms with van der Waals surface area (Å²) >= 11 is 0. The maximum absolute atomic E-state index is 13.1. The predicted molar refractivity (Wildman–Crippen MR) is 445 cm³/mol. The monoisotopic (exact) mass is 1550 g/mol. The molecule has 0 spiro atoms. The zero-order valence-corrected chi connectivity index (χ0v) is 69.5. The van der Waals surface area contributed by atoms with Gasteiger partial charge in [0.15, 0.2) is 12.2 Å². The molecule has 5 unspecified atom stereocenters. The topological polar surface area (TPSA) is 237 Å². The van der Waals surface area contributed by atoms with Crippen molar-refractivity contribution in [3.63, 3.8) is 0 Å². The molecule has 0 saturated carbocycles. The van der Waals surface area contributed by atoms with Gasteiger partial charge in [0.1, 0.15) is 19.3 Å². The van der Waals surface area contributed by atoms with Gasteiger partial charge in [-0.25, -0.2) is 9.13 Å². The van der Waals surface area contributed by atoms with E-state index in [-0.39, 0.29) is 25.7 Å². The predicted octanol–water partition coefficient (Wildman–Crippen LogP) is 25.0. The minimum atomic E-state index is -5.00. The number of aliphatic hydroxyl groups is 1. The fourth-order valence-corrected chi connectivity index (χ4v) is 12.4. The SMILES string of the molecule is CC/C=C\C/C=C\C/C=C\C/C=C\C/C=C\CCCCCC(=O)OCC(COP(=O)(O)OCC(O)COP(=O)(O)OCC(COC(=O)CCCCCCCC/C=C\C/C=C\C/C=C\CCCCC)OC(=O)CCCCCCC/C=C\CCCC)OC(=O)CCCCCCCC/C=C\C/C=C\C/C=C\CCCCC. The number of esters is 4. The van der Waals surface area contributed by atoms with Gasteiger partial charge in [-0.1, -0.05) is 289 Å². The summed E-state index contributed by atoms with van der Waals surface area (Å²) in [5.74, 6) is -2.25. The van der Waals surface area contributed by atoms with Crippen molar-refractivity contribution in [1.29, 1.82) is 0 Å². The first-order valence-corrected chi connectivity index (χ1v) is 45.1. The molecule has 0 aromatic rings. The molecule has 0 heterocycles. The van der Waals surface area contributed by atoms with Crippen LogP contribution in [0.15, 0.2) is 146 Å². The molecule has 17 nitrogen and oxygen atoms in total. The lowest BCUT2D eigenvalue weighted by molar-refractivity contribution is -0.161. The summed E-state index contributed by atoms with van der Waals surface area (Å²) in [7, 11) is -9.99. The third-order valence-corrected chi connectivity index (χ3v) is 19.2. The van der Waals surface area contributed by atoms with Gasteiger partial charge >= 0.3 is 39.5 Å². The van der Waals surface area contributed by atoms with Crippen LogP contribution in [0, 0.1) is 0 Å². The van der Waals surface area contributed by atoms with Crippen molar-refractivity contribution in [2.24, 2.45) is 0 Å². The van der Waals surface area contributed by atoms with E-state index in [9.17, 15) is 43.2 Å². The van der Waals surface area contributed by atoms with Gasteiger partial charge in [0.05, 0.1) is 26.4 Å². The second-order valence-electron chi connectivity index (χ2n) is 27.7. The molecular formula is C89H150O17P2. The van der Waals surface area contributed by atoms with E-state index in [1.165, 1.54) is 51.4 Å². The summed E-state index contributed by atoms with van der Waals surface area (Å²) in [4.78, 5) is 73.1. The standard InChI is InChI=1S/C89H150O17P2/c1-5-9-13-17-21-25-29-32-35-38-41-44-47-50-54-57-61-65-69-73-86(91)99-79-84(105-88(93)75-71-67-63-59-53-28-24-20-16-12-8-4)81-103-107(95,96)101-77-83(90)78-102-108(97,98)104-82-85(106-89(94)76-72-68-64-60-56-52-49-46-43-40-37-34-31-27-23-19-15-11-7-3)80-100-87(92)74-70-66-62-58-55-51-48-45-42-39-36-33-30-26-22-18-14-10-6-2/h10,14,20-27,32-37,41-46,51,55,83-85,90H,5-9,11-13,15-19,28-31,38-40,47-50,52-54,56-82H2,1-4H3,(H,95,96)(H,97,98)/b14-10-,24-20-,25-21-,26-22-,27-23-,35-32-,36-33-,37-34-,44-41-,45-42-,46-43-,55-51-. The molecule has 618 valence electrons. The molecule has 0 aromatic carbocycles. The Labute approximate surface area is 656 Å². The third kappa shape index (κ3) is 79.0. The van der Waals surface area contributed by atoms with Crippen LogP contribution >= 0.6 is 15.6 Å². The number of unbranched alkanes of at least 4 members (excludes halogenated alkanes) is 28. The number of allylic oxidation sites excluding steroid dienone is 24. The number of phosphoric acid groups is 2. The number of hydrogen-bond donors (Lipinski definition) is 3. The first kappa shape index (κ1) is 103. The Kier molecular flexibility index (Phi) is 76.3. The quantitative estimate of drug-likeness (QED) is 0.0169. The lowest BCUT2D eigenvalue weighted by Gasteiger charge is -2.21. The van der Waals surface area contributed by atoms with Crippen LogP contribution in [0.1, 0.15) is 336 Å². The number of ether oxygens (including phenoxy) is 4. The molecule has 3 N–H and O–H groups in total. The number of hydrogen-bond acceptors (Lipinski definition) is 15. The van der Waals surface area contributed by atoms with Crippen molar-refractivity contribution in [2.45, 2.75) is 354 Å². The van der Waals surface area contributed by atoms with Crippen molar-refractivity contribution in [2.75, 3.05) is 39.6 Å². The average Bonchev–Trinajstić information content (AvgIpc) is 0.917. The highest BCUT2D eigenvalue weighted by Gasteiger charge is 2.30. The van der Waals surface area contributed by atoms with Gasteiger partial charge in [0.2, 0.25) is 0 Å². The molecule has 5 atom stereocenters. The smallest absolute Gasteiger partial charge is 0.462 e. The van der Waals surface area contributed by atoms with Crippen LogP contribution in [-0.2, 0) is 65.4 Å². The van der Waals surface area contributed by atoms with Gasteiger partial charge in [-0.3, -0.25) is 37.3 Å². The summed E-state index contributed by atoms with van der Waals surface area (Å²) in [6, 6.07) is 0. The van der Waals surface area contributed by atoms with Gasteiger partial charge in [0.25, 0.3) is 0 Å². The number of carbonyl (C=O) groups excluding carboxylic acids is 4. The Morgan fingerprint density at radius 2 is 0.491 bits per heavy atom. The van der Waals surface area contributed by atoms with Crippen LogP contribution < -0.4 is 0 Å². The van der Waals surface area contributed by atoms with E-state index in [1.807, 2.05) is 0 Å². The van der Waals surface area contributed by atoms with Crippen molar-refractivity contribution < 1.29 is 80.2 Å². The normalized spacial score (nSPS) is 14.5. The molecule has 0 aromatic heterocycles. The minimum absolute atomic E-state index is 0.0685. The number of phosphoric ester groups is 2. The van der Waals surface area contributed by atoms with Crippen molar-refractivity contribution in [3.8, 4) is 0 Å². The summed E-state index contributed by atoms with van der Waals surface area (Å²) in [5, 5.41) is 10.7. The lowest BCUT2D eigenvalue weighted by Crippen LogP contribution is -2.30. The lowest BCUT2D eigenvalue weighted by atomic mass is 10.1. The second-order valence-corrected chi connectivity index (χ2v) is 30.6. The van der Waals surface area contributed by atoms with E-state index >= 15 is 0 Å². The Morgan fingerprint density at radius 1 is 0.269 bits per heavy atom. The summed E-state index contributed by atoms with van der Waals surface area (Å²) in [6.45, 7) is 4.61. The highest BCUT2D eigenvalue weighted by atomic mass is 31.2. The first-order valence-electron chi connectivity index (χ1n) is 42.1. The van der Waals surface area contributed by atoms with Gasteiger partial charge in [-0.2, -0.15) is 0 Å². The summed E-state index contributed by atoms with van der Waals surface area (Å²) in [6.07, 6.45) is 92.4. The van der Waals surface area contributed by atoms with Crippen LogP contribution in [-0.4, -0.2) is 96.7 Å². The number of carbonyl (C=O) groups is 4. The van der Waals surface area contributed by atoms with E-state index in [4.69, 9.17) is 37.0 Å². The number of aliphatic hydroxyl groups excluding tert-OH is 1. The fraction of sp³-hybridized carbons (Fsp3) is 0.685. The molecule has 0 fully saturated rings. The maximum atomic E-state index is 13.1. The van der Waals surface area contributed by atoms with E-state index < -0.39 is 97.5 Å². The molecule has 19 heteroatoms. The molecule has 0 amide bonds. The highest BCUT2D eigenvalue weighted by molar-refractivity contribution is 7.47. The molecule has 0 aliphatic heterocycles. The average molecular weight is 1550 g/mol. The molecule has 0 saturated heterocycles. The Balaban J connectivity index is 5.40. The molecule has 0 aliphatic carbocycles. The van der Waals surface area contributed by atoms with Gasteiger partial charge < -0.3 is 33.8 Å². The van der Waals surface area contributed by atoms with Crippen LogP contribution in [0.5, 0.6) is 0 Å². The van der Waals surface area contributed by atoms with Crippen LogP contribution in [0.25, 0.3) is 0 Å². The third-order valence-electron chi connectivity index (χ3n) is 17.3. The van der Waals surface area contributed by atoms with Gasteiger partial charge in [-0.15, -0.1) is 0 Å². The Hall–Kier alpha value is -5.06. The second kappa shape index (κ2) is 80.0.